The Bertz CT molecular complexity index is 220. The first-order valence-electron chi connectivity index (χ1n) is 6.54. The summed E-state index contributed by atoms with van der Waals surface area (Å²) in [6.45, 7) is 12.3. The zero-order valence-electron chi connectivity index (χ0n) is 11.5. The van der Waals surface area contributed by atoms with Crippen LogP contribution in [0.15, 0.2) is 0 Å². The molecule has 16 heavy (non-hydrogen) atoms. The molecule has 0 aromatic heterocycles. The Morgan fingerprint density at radius 2 is 1.88 bits per heavy atom. The number of aliphatic hydroxyl groups excluding tert-OH is 1. The van der Waals surface area contributed by atoms with Gasteiger partial charge in [0.2, 0.25) is 0 Å². The molecule has 1 rings (SSSR count). The van der Waals surface area contributed by atoms with E-state index in [1.54, 1.807) is 0 Å². The standard InChI is InChI=1S/C13H28O2Si/c1-13(2,3)16(4,5)15-9-8-11-6-7-12(14)10-11/h11-12,14H,6-10H2,1-5H3/t11-,12+/m0/s1. The molecule has 1 aliphatic carbocycles. The fourth-order valence-electron chi connectivity index (χ4n) is 2.01. The molecule has 0 aromatic carbocycles. The fourth-order valence-corrected chi connectivity index (χ4v) is 3.07. The van der Waals surface area contributed by atoms with E-state index in [1.807, 2.05) is 0 Å². The molecular weight excluding hydrogens is 216 g/mol. The van der Waals surface area contributed by atoms with Crippen LogP contribution >= 0.6 is 0 Å². The van der Waals surface area contributed by atoms with Crippen molar-refractivity contribution in [3.63, 3.8) is 0 Å². The number of hydrogen-bond donors (Lipinski definition) is 1. The van der Waals surface area contributed by atoms with Gasteiger partial charge in [-0.15, -0.1) is 0 Å². The maximum atomic E-state index is 9.46. The molecule has 0 radical (unpaired) electrons. The van der Waals surface area contributed by atoms with E-state index < -0.39 is 8.32 Å². The highest BCUT2D eigenvalue weighted by molar-refractivity contribution is 6.74. The van der Waals surface area contributed by atoms with Crippen molar-refractivity contribution in [2.24, 2.45) is 5.92 Å². The molecule has 96 valence electrons. The summed E-state index contributed by atoms with van der Waals surface area (Å²) in [5.41, 5.74) is 0. The Kier molecular flexibility index (Phi) is 4.61. The SMILES string of the molecule is CC(C)(C)[Si](C)(C)OCC[C@@H]1CC[C@@H](O)C1. The number of aliphatic hydroxyl groups is 1. The first-order chi connectivity index (χ1) is 7.22. The van der Waals surface area contributed by atoms with Gasteiger partial charge in [0, 0.05) is 6.61 Å². The molecule has 0 spiro atoms. The van der Waals surface area contributed by atoms with Gasteiger partial charge in [0.25, 0.3) is 0 Å². The second kappa shape index (κ2) is 5.19. The van der Waals surface area contributed by atoms with Crippen molar-refractivity contribution in [2.45, 2.75) is 70.7 Å². The molecule has 0 bridgehead atoms. The monoisotopic (exact) mass is 244 g/mol. The third kappa shape index (κ3) is 3.86. The fraction of sp³-hybridized carbons (Fsp3) is 1.00. The topological polar surface area (TPSA) is 29.5 Å². The smallest absolute Gasteiger partial charge is 0.191 e. The lowest BCUT2D eigenvalue weighted by molar-refractivity contribution is 0.173. The molecule has 3 heteroatoms. The normalized spacial score (nSPS) is 27.4. The number of hydrogen-bond acceptors (Lipinski definition) is 2. The van der Waals surface area contributed by atoms with Gasteiger partial charge in [-0.2, -0.15) is 0 Å². The molecule has 1 N–H and O–H groups in total. The van der Waals surface area contributed by atoms with Crippen LogP contribution in [0.1, 0.15) is 46.5 Å². The summed E-state index contributed by atoms with van der Waals surface area (Å²) in [6, 6.07) is 0. The Hall–Kier alpha value is 0.137. The van der Waals surface area contributed by atoms with Gasteiger partial charge in [-0.1, -0.05) is 20.8 Å². The zero-order chi connectivity index (χ0) is 12.4. The minimum atomic E-state index is -1.56. The average molecular weight is 244 g/mol. The lowest BCUT2D eigenvalue weighted by atomic mass is 10.1. The molecule has 0 amide bonds. The lowest BCUT2D eigenvalue weighted by Gasteiger charge is -2.36. The van der Waals surface area contributed by atoms with E-state index in [9.17, 15) is 5.11 Å². The highest BCUT2D eigenvalue weighted by Crippen LogP contribution is 2.37. The Labute approximate surface area is 102 Å². The summed E-state index contributed by atoms with van der Waals surface area (Å²) in [5, 5.41) is 9.76. The van der Waals surface area contributed by atoms with Gasteiger partial charge < -0.3 is 9.53 Å². The first-order valence-corrected chi connectivity index (χ1v) is 9.45. The van der Waals surface area contributed by atoms with Gasteiger partial charge in [0.1, 0.15) is 0 Å². The van der Waals surface area contributed by atoms with Gasteiger partial charge in [0.05, 0.1) is 6.10 Å². The van der Waals surface area contributed by atoms with E-state index in [2.05, 4.69) is 33.9 Å². The summed E-state index contributed by atoms with van der Waals surface area (Å²) in [5.74, 6) is 0.694. The van der Waals surface area contributed by atoms with Crippen LogP contribution in [-0.2, 0) is 4.43 Å². The van der Waals surface area contributed by atoms with Crippen molar-refractivity contribution < 1.29 is 9.53 Å². The third-order valence-corrected chi connectivity index (χ3v) is 8.85. The van der Waals surface area contributed by atoms with Crippen LogP contribution < -0.4 is 0 Å². The molecule has 1 aliphatic rings. The Morgan fingerprint density at radius 3 is 2.31 bits per heavy atom. The lowest BCUT2D eigenvalue weighted by Crippen LogP contribution is -2.41. The van der Waals surface area contributed by atoms with E-state index in [1.165, 1.54) is 6.42 Å². The summed E-state index contributed by atoms with van der Waals surface area (Å²) in [6.07, 6.45) is 4.25. The zero-order valence-corrected chi connectivity index (χ0v) is 12.5. The van der Waals surface area contributed by atoms with Crippen LogP contribution in [0.5, 0.6) is 0 Å². The quantitative estimate of drug-likeness (QED) is 0.766. The molecule has 1 fully saturated rings. The van der Waals surface area contributed by atoms with Crippen LogP contribution in [0.2, 0.25) is 18.1 Å². The van der Waals surface area contributed by atoms with E-state index in [0.717, 1.165) is 25.9 Å². The molecular formula is C13H28O2Si. The largest absolute Gasteiger partial charge is 0.417 e. The van der Waals surface area contributed by atoms with Crippen molar-refractivity contribution in [1.82, 2.24) is 0 Å². The van der Waals surface area contributed by atoms with Crippen LogP contribution in [0, 0.1) is 5.92 Å². The maximum Gasteiger partial charge on any atom is 0.191 e. The average Bonchev–Trinajstić information content (AvgIpc) is 2.49. The molecule has 2 nitrogen and oxygen atoms in total. The van der Waals surface area contributed by atoms with Crippen molar-refractivity contribution in [3.8, 4) is 0 Å². The van der Waals surface area contributed by atoms with E-state index in [0.29, 0.717) is 11.0 Å². The molecule has 0 unspecified atom stereocenters. The minimum absolute atomic E-state index is 0.0436. The van der Waals surface area contributed by atoms with Crippen molar-refractivity contribution in [3.05, 3.63) is 0 Å². The van der Waals surface area contributed by atoms with Gasteiger partial charge in [0.15, 0.2) is 8.32 Å². The van der Waals surface area contributed by atoms with Gasteiger partial charge in [-0.25, -0.2) is 0 Å². The van der Waals surface area contributed by atoms with Gasteiger partial charge in [-0.05, 0) is 49.7 Å². The first kappa shape index (κ1) is 14.2. The second-order valence-corrected chi connectivity index (χ2v) is 11.5. The van der Waals surface area contributed by atoms with Gasteiger partial charge >= 0.3 is 0 Å². The van der Waals surface area contributed by atoms with E-state index in [-0.39, 0.29) is 6.10 Å². The molecule has 0 saturated heterocycles. The Balaban J connectivity index is 2.25. The Morgan fingerprint density at radius 1 is 1.25 bits per heavy atom. The molecule has 0 aromatic rings. The second-order valence-electron chi connectivity index (χ2n) is 6.73. The summed E-state index contributed by atoms with van der Waals surface area (Å²) in [7, 11) is -1.56. The van der Waals surface area contributed by atoms with Gasteiger partial charge in [-0.3, -0.25) is 0 Å². The molecule has 2 atom stereocenters. The summed E-state index contributed by atoms with van der Waals surface area (Å²) < 4.78 is 6.15. The summed E-state index contributed by atoms with van der Waals surface area (Å²) in [4.78, 5) is 0. The van der Waals surface area contributed by atoms with Crippen molar-refractivity contribution in [2.75, 3.05) is 6.61 Å². The summed E-state index contributed by atoms with van der Waals surface area (Å²) >= 11 is 0. The van der Waals surface area contributed by atoms with Crippen molar-refractivity contribution >= 4 is 8.32 Å². The predicted molar refractivity (Wildman–Crippen MR) is 71.1 cm³/mol. The minimum Gasteiger partial charge on any atom is -0.417 e. The highest BCUT2D eigenvalue weighted by Gasteiger charge is 2.37. The van der Waals surface area contributed by atoms with E-state index in [4.69, 9.17) is 4.43 Å². The predicted octanol–water partition coefficient (Wildman–Crippen LogP) is 3.56. The van der Waals surface area contributed by atoms with E-state index >= 15 is 0 Å². The maximum absolute atomic E-state index is 9.46. The molecule has 0 heterocycles. The third-order valence-electron chi connectivity index (χ3n) is 4.31. The molecule has 0 aliphatic heterocycles. The van der Waals surface area contributed by atoms with Crippen molar-refractivity contribution in [1.29, 1.82) is 0 Å². The number of rotatable bonds is 4. The van der Waals surface area contributed by atoms with Crippen LogP contribution in [0.25, 0.3) is 0 Å². The van der Waals surface area contributed by atoms with Crippen LogP contribution in [-0.4, -0.2) is 26.1 Å². The highest BCUT2D eigenvalue weighted by atomic mass is 28.4. The molecule has 1 saturated carbocycles. The van der Waals surface area contributed by atoms with Crippen LogP contribution in [0.3, 0.4) is 0 Å². The van der Waals surface area contributed by atoms with Crippen LogP contribution in [0.4, 0.5) is 0 Å².